The SMILES string of the molecule is CC(C)=CCCC/C=C\[C@H]1C(=O)C(C)=C[C@H]1O. The van der Waals surface area contributed by atoms with E-state index >= 15 is 0 Å². The van der Waals surface area contributed by atoms with Crippen LogP contribution < -0.4 is 0 Å². The predicted octanol–water partition coefficient (Wildman–Crippen LogP) is 3.19. The molecule has 0 saturated heterocycles. The minimum absolute atomic E-state index is 0.0537. The predicted molar refractivity (Wildman–Crippen MR) is 70.7 cm³/mol. The Kier molecular flexibility index (Phi) is 5.36. The summed E-state index contributed by atoms with van der Waals surface area (Å²) < 4.78 is 0. The first kappa shape index (κ1) is 13.9. The first-order valence-electron chi connectivity index (χ1n) is 6.23. The fraction of sp³-hybridized carbons (Fsp3) is 0.533. The largest absolute Gasteiger partial charge is 0.388 e. The summed E-state index contributed by atoms with van der Waals surface area (Å²) >= 11 is 0. The molecule has 2 atom stereocenters. The van der Waals surface area contributed by atoms with Crippen LogP contribution in [-0.2, 0) is 4.79 Å². The minimum atomic E-state index is -0.628. The smallest absolute Gasteiger partial charge is 0.168 e. The van der Waals surface area contributed by atoms with Crippen molar-refractivity contribution in [2.75, 3.05) is 0 Å². The Bertz CT molecular complexity index is 357. The molecule has 0 aliphatic heterocycles. The molecule has 2 heteroatoms. The van der Waals surface area contributed by atoms with Gasteiger partial charge in [0.15, 0.2) is 5.78 Å². The van der Waals surface area contributed by atoms with Crippen LogP contribution in [0, 0.1) is 5.92 Å². The third-order valence-electron chi connectivity index (χ3n) is 2.95. The molecule has 1 aliphatic rings. The van der Waals surface area contributed by atoms with E-state index in [0.29, 0.717) is 5.57 Å². The second-order valence-corrected chi connectivity index (χ2v) is 4.87. The molecule has 0 radical (unpaired) electrons. The summed E-state index contributed by atoms with van der Waals surface area (Å²) in [7, 11) is 0. The Morgan fingerprint density at radius 2 is 2.12 bits per heavy atom. The first-order valence-corrected chi connectivity index (χ1v) is 6.23. The fourth-order valence-corrected chi connectivity index (χ4v) is 1.93. The molecular weight excluding hydrogens is 212 g/mol. The van der Waals surface area contributed by atoms with Crippen molar-refractivity contribution < 1.29 is 9.90 Å². The third-order valence-corrected chi connectivity index (χ3v) is 2.95. The maximum Gasteiger partial charge on any atom is 0.168 e. The number of allylic oxidation sites excluding steroid dienone is 4. The number of hydrogen-bond donors (Lipinski definition) is 1. The van der Waals surface area contributed by atoms with Crippen LogP contribution in [0.2, 0.25) is 0 Å². The molecule has 94 valence electrons. The number of unbranched alkanes of at least 4 members (excludes halogenated alkanes) is 2. The van der Waals surface area contributed by atoms with Crippen molar-refractivity contribution in [2.24, 2.45) is 5.92 Å². The van der Waals surface area contributed by atoms with E-state index in [1.165, 1.54) is 5.57 Å². The maximum atomic E-state index is 11.6. The summed E-state index contributed by atoms with van der Waals surface area (Å²) in [6, 6.07) is 0. The number of aliphatic hydroxyl groups is 1. The van der Waals surface area contributed by atoms with Crippen LogP contribution in [0.4, 0.5) is 0 Å². The Hall–Kier alpha value is -1.15. The molecule has 0 fully saturated rings. The molecule has 0 aromatic heterocycles. The van der Waals surface area contributed by atoms with Crippen molar-refractivity contribution in [1.82, 2.24) is 0 Å². The van der Waals surface area contributed by atoms with Gasteiger partial charge in [0.2, 0.25) is 0 Å². The quantitative estimate of drug-likeness (QED) is 0.586. The van der Waals surface area contributed by atoms with Crippen molar-refractivity contribution in [3.8, 4) is 0 Å². The van der Waals surface area contributed by atoms with Gasteiger partial charge in [-0.3, -0.25) is 4.79 Å². The van der Waals surface area contributed by atoms with Gasteiger partial charge in [-0.05, 0) is 51.7 Å². The van der Waals surface area contributed by atoms with Gasteiger partial charge in [-0.15, -0.1) is 0 Å². The van der Waals surface area contributed by atoms with Crippen LogP contribution in [0.15, 0.2) is 35.5 Å². The normalized spacial score (nSPS) is 24.2. The Balaban J connectivity index is 2.31. The van der Waals surface area contributed by atoms with Crippen molar-refractivity contribution in [2.45, 2.75) is 46.1 Å². The molecule has 0 amide bonds. The standard InChI is InChI=1S/C15H22O2/c1-11(2)8-6-4-5-7-9-13-14(16)10-12(3)15(13)17/h7-10,13-14,16H,4-6H2,1-3H3/b9-7-/t13-,14-/m1/s1. The maximum absolute atomic E-state index is 11.6. The average molecular weight is 234 g/mol. The molecule has 17 heavy (non-hydrogen) atoms. The number of aliphatic hydroxyl groups excluding tert-OH is 1. The van der Waals surface area contributed by atoms with Crippen LogP contribution in [0.3, 0.4) is 0 Å². The molecule has 0 aromatic rings. The van der Waals surface area contributed by atoms with E-state index in [1.54, 1.807) is 13.0 Å². The Morgan fingerprint density at radius 3 is 2.65 bits per heavy atom. The molecule has 2 nitrogen and oxygen atoms in total. The average Bonchev–Trinajstić information content (AvgIpc) is 2.48. The number of ketones is 1. The topological polar surface area (TPSA) is 37.3 Å². The number of carbonyl (C=O) groups is 1. The van der Waals surface area contributed by atoms with Crippen molar-refractivity contribution >= 4 is 5.78 Å². The van der Waals surface area contributed by atoms with Crippen LogP contribution >= 0.6 is 0 Å². The molecule has 0 spiro atoms. The second kappa shape index (κ2) is 6.55. The zero-order valence-electron chi connectivity index (χ0n) is 10.9. The summed E-state index contributed by atoms with van der Waals surface area (Å²) in [5.74, 6) is -0.295. The van der Waals surface area contributed by atoms with E-state index in [-0.39, 0.29) is 11.7 Å². The lowest BCUT2D eigenvalue weighted by molar-refractivity contribution is -0.118. The minimum Gasteiger partial charge on any atom is -0.388 e. The van der Waals surface area contributed by atoms with Gasteiger partial charge in [0.25, 0.3) is 0 Å². The van der Waals surface area contributed by atoms with Crippen LogP contribution in [0.1, 0.15) is 40.0 Å². The molecule has 1 rings (SSSR count). The third kappa shape index (κ3) is 4.31. The fourth-order valence-electron chi connectivity index (χ4n) is 1.93. The number of hydrogen-bond acceptors (Lipinski definition) is 2. The molecule has 0 aromatic carbocycles. The first-order chi connectivity index (χ1) is 8.02. The van der Waals surface area contributed by atoms with Gasteiger partial charge < -0.3 is 5.11 Å². The molecule has 1 aliphatic carbocycles. The van der Waals surface area contributed by atoms with Crippen LogP contribution in [-0.4, -0.2) is 17.0 Å². The summed E-state index contributed by atoms with van der Waals surface area (Å²) in [5, 5.41) is 9.65. The molecule has 0 saturated carbocycles. The van der Waals surface area contributed by atoms with E-state index in [0.717, 1.165) is 19.3 Å². The molecular formula is C15H22O2. The number of rotatable bonds is 5. The lowest BCUT2D eigenvalue weighted by atomic mass is 10.0. The molecule has 0 unspecified atom stereocenters. The van der Waals surface area contributed by atoms with Crippen LogP contribution in [0.25, 0.3) is 0 Å². The summed E-state index contributed by atoms with van der Waals surface area (Å²) in [5.41, 5.74) is 2.02. The van der Waals surface area contributed by atoms with Gasteiger partial charge in [-0.1, -0.05) is 23.8 Å². The van der Waals surface area contributed by atoms with Gasteiger partial charge in [0.05, 0.1) is 12.0 Å². The summed E-state index contributed by atoms with van der Waals surface area (Å²) in [4.78, 5) is 11.6. The van der Waals surface area contributed by atoms with Gasteiger partial charge in [-0.2, -0.15) is 0 Å². The van der Waals surface area contributed by atoms with E-state index in [9.17, 15) is 9.90 Å². The summed E-state index contributed by atoms with van der Waals surface area (Å²) in [6.45, 7) is 5.95. The molecule has 0 bridgehead atoms. The van der Waals surface area contributed by atoms with Gasteiger partial charge in [-0.25, -0.2) is 0 Å². The van der Waals surface area contributed by atoms with E-state index in [2.05, 4.69) is 19.9 Å². The van der Waals surface area contributed by atoms with Crippen LogP contribution in [0.5, 0.6) is 0 Å². The Labute approximate surface area is 104 Å². The van der Waals surface area contributed by atoms with Gasteiger partial charge in [0, 0.05) is 0 Å². The van der Waals surface area contributed by atoms with Crippen molar-refractivity contribution in [1.29, 1.82) is 0 Å². The highest BCUT2D eigenvalue weighted by Crippen LogP contribution is 2.22. The highest BCUT2D eigenvalue weighted by Gasteiger charge is 2.29. The lowest BCUT2D eigenvalue weighted by Crippen LogP contribution is -2.18. The highest BCUT2D eigenvalue weighted by molar-refractivity contribution is 6.00. The van der Waals surface area contributed by atoms with Crippen molar-refractivity contribution in [3.63, 3.8) is 0 Å². The second-order valence-electron chi connectivity index (χ2n) is 4.87. The van der Waals surface area contributed by atoms with E-state index in [4.69, 9.17) is 0 Å². The molecule has 0 heterocycles. The number of carbonyl (C=O) groups excluding carboxylic acids is 1. The highest BCUT2D eigenvalue weighted by atomic mass is 16.3. The Morgan fingerprint density at radius 1 is 1.41 bits per heavy atom. The van der Waals surface area contributed by atoms with E-state index < -0.39 is 6.10 Å². The van der Waals surface area contributed by atoms with E-state index in [1.807, 2.05) is 12.2 Å². The molecule has 1 N–H and O–H groups in total. The van der Waals surface area contributed by atoms with Gasteiger partial charge >= 0.3 is 0 Å². The zero-order valence-corrected chi connectivity index (χ0v) is 10.9. The zero-order chi connectivity index (χ0) is 12.8. The van der Waals surface area contributed by atoms with Gasteiger partial charge in [0.1, 0.15) is 0 Å². The number of Topliss-reactive ketones (excluding diaryl/α,β-unsaturated/α-hetero) is 1. The van der Waals surface area contributed by atoms with Crippen molar-refractivity contribution in [3.05, 3.63) is 35.5 Å². The monoisotopic (exact) mass is 234 g/mol. The summed E-state index contributed by atoms with van der Waals surface area (Å²) in [6.07, 6.45) is 10.2. The lowest BCUT2D eigenvalue weighted by Gasteiger charge is -2.07.